The standard InChI is InChI=1S/C19H32N2O4/c1-6-9-20-17-10-15(12-24-14(5)23)11-18(19(17)21-13(4)22)25-16(7-2)8-3/h6,11,16-20H,1,7-10,12H2,2-5H3,(H,21,22)/t17-,18+,19+/m0/s1. The second-order valence-corrected chi connectivity index (χ2v) is 6.38. The van der Waals surface area contributed by atoms with Gasteiger partial charge >= 0.3 is 5.97 Å². The van der Waals surface area contributed by atoms with Crippen LogP contribution in [0.2, 0.25) is 0 Å². The third kappa shape index (κ3) is 7.40. The van der Waals surface area contributed by atoms with Crippen LogP contribution >= 0.6 is 0 Å². The maximum atomic E-state index is 11.7. The average molecular weight is 352 g/mol. The highest BCUT2D eigenvalue weighted by Crippen LogP contribution is 2.24. The van der Waals surface area contributed by atoms with Gasteiger partial charge in [-0.1, -0.05) is 26.0 Å². The van der Waals surface area contributed by atoms with Crippen LogP contribution in [0.4, 0.5) is 0 Å². The van der Waals surface area contributed by atoms with Gasteiger partial charge in [0.1, 0.15) is 6.61 Å². The Morgan fingerprint density at radius 3 is 2.56 bits per heavy atom. The molecule has 1 aliphatic carbocycles. The molecule has 25 heavy (non-hydrogen) atoms. The average Bonchev–Trinajstić information content (AvgIpc) is 2.57. The van der Waals surface area contributed by atoms with E-state index in [2.05, 4.69) is 31.1 Å². The molecule has 0 saturated heterocycles. The minimum absolute atomic E-state index is 0.0168. The van der Waals surface area contributed by atoms with Gasteiger partial charge < -0.3 is 20.1 Å². The van der Waals surface area contributed by atoms with Crippen LogP contribution in [0.1, 0.15) is 47.0 Å². The van der Waals surface area contributed by atoms with Gasteiger partial charge in [0.25, 0.3) is 0 Å². The largest absolute Gasteiger partial charge is 0.461 e. The molecule has 0 aromatic carbocycles. The molecule has 1 rings (SSSR count). The molecule has 2 N–H and O–H groups in total. The Labute approximate surface area is 151 Å². The van der Waals surface area contributed by atoms with Crippen molar-refractivity contribution in [3.63, 3.8) is 0 Å². The van der Waals surface area contributed by atoms with Gasteiger partial charge in [-0.05, 0) is 24.8 Å². The first-order chi connectivity index (χ1) is 11.9. The highest BCUT2D eigenvalue weighted by atomic mass is 16.5. The summed E-state index contributed by atoms with van der Waals surface area (Å²) in [7, 11) is 0. The lowest BCUT2D eigenvalue weighted by Crippen LogP contribution is -2.58. The first kappa shape index (κ1) is 21.4. The Kier molecular flexibility index (Phi) is 9.45. The predicted octanol–water partition coefficient (Wildman–Crippen LogP) is 2.10. The van der Waals surface area contributed by atoms with E-state index in [4.69, 9.17) is 9.47 Å². The van der Waals surface area contributed by atoms with Crippen molar-refractivity contribution in [1.82, 2.24) is 10.6 Å². The van der Waals surface area contributed by atoms with Crippen LogP contribution in [0.25, 0.3) is 0 Å². The Balaban J connectivity index is 3.03. The lowest BCUT2D eigenvalue weighted by Gasteiger charge is -2.39. The van der Waals surface area contributed by atoms with Crippen molar-refractivity contribution in [2.24, 2.45) is 0 Å². The molecular formula is C19H32N2O4. The van der Waals surface area contributed by atoms with Crippen LogP contribution in [0.3, 0.4) is 0 Å². The molecule has 0 fully saturated rings. The van der Waals surface area contributed by atoms with Crippen LogP contribution < -0.4 is 10.6 Å². The Bertz CT molecular complexity index is 486. The third-order valence-electron chi connectivity index (χ3n) is 4.28. The maximum Gasteiger partial charge on any atom is 0.302 e. The van der Waals surface area contributed by atoms with Crippen molar-refractivity contribution in [3.05, 3.63) is 24.3 Å². The number of rotatable bonds is 10. The molecular weight excluding hydrogens is 320 g/mol. The van der Waals surface area contributed by atoms with E-state index in [1.807, 2.05) is 6.08 Å². The molecule has 1 amide bonds. The fourth-order valence-corrected chi connectivity index (χ4v) is 3.02. The van der Waals surface area contributed by atoms with Crippen molar-refractivity contribution in [2.45, 2.75) is 71.2 Å². The Morgan fingerprint density at radius 2 is 2.04 bits per heavy atom. The summed E-state index contributed by atoms with van der Waals surface area (Å²) in [6.07, 6.45) is 6.10. The number of amides is 1. The molecule has 6 nitrogen and oxygen atoms in total. The summed E-state index contributed by atoms with van der Waals surface area (Å²) in [5.74, 6) is -0.400. The number of esters is 1. The molecule has 1 aliphatic rings. The summed E-state index contributed by atoms with van der Waals surface area (Å²) in [4.78, 5) is 22.8. The van der Waals surface area contributed by atoms with Crippen molar-refractivity contribution >= 4 is 11.9 Å². The van der Waals surface area contributed by atoms with Crippen molar-refractivity contribution in [1.29, 1.82) is 0 Å². The Hall–Kier alpha value is -1.66. The zero-order valence-electron chi connectivity index (χ0n) is 15.8. The van der Waals surface area contributed by atoms with Crippen LogP contribution in [0, 0.1) is 0 Å². The smallest absolute Gasteiger partial charge is 0.302 e. The van der Waals surface area contributed by atoms with Crippen LogP contribution in [0.5, 0.6) is 0 Å². The van der Waals surface area contributed by atoms with E-state index in [1.54, 1.807) is 6.08 Å². The van der Waals surface area contributed by atoms with E-state index in [9.17, 15) is 9.59 Å². The van der Waals surface area contributed by atoms with Gasteiger partial charge in [0, 0.05) is 26.4 Å². The van der Waals surface area contributed by atoms with Crippen LogP contribution in [0.15, 0.2) is 24.3 Å². The second-order valence-electron chi connectivity index (χ2n) is 6.38. The van der Waals surface area contributed by atoms with E-state index in [-0.39, 0.29) is 42.8 Å². The molecule has 0 aromatic rings. The topological polar surface area (TPSA) is 76.7 Å². The normalized spacial score (nSPS) is 23.1. The summed E-state index contributed by atoms with van der Waals surface area (Å²) >= 11 is 0. The van der Waals surface area contributed by atoms with E-state index >= 15 is 0 Å². The number of hydrogen-bond donors (Lipinski definition) is 2. The zero-order valence-corrected chi connectivity index (χ0v) is 15.8. The maximum absolute atomic E-state index is 11.7. The molecule has 142 valence electrons. The third-order valence-corrected chi connectivity index (χ3v) is 4.28. The van der Waals surface area contributed by atoms with Gasteiger partial charge in [-0.15, -0.1) is 6.58 Å². The highest BCUT2D eigenvalue weighted by molar-refractivity contribution is 5.73. The van der Waals surface area contributed by atoms with Crippen LogP contribution in [-0.4, -0.2) is 49.3 Å². The molecule has 0 aromatic heterocycles. The van der Waals surface area contributed by atoms with Crippen molar-refractivity contribution < 1.29 is 19.1 Å². The quantitative estimate of drug-likeness (QED) is 0.465. The SMILES string of the molecule is C=CCN[C@H]1CC(COC(C)=O)=C[C@@H](OC(CC)CC)[C@@H]1NC(C)=O. The molecule has 0 aliphatic heterocycles. The number of hydrogen-bond acceptors (Lipinski definition) is 5. The van der Waals surface area contributed by atoms with Gasteiger partial charge in [-0.2, -0.15) is 0 Å². The van der Waals surface area contributed by atoms with E-state index in [0.29, 0.717) is 13.0 Å². The fraction of sp³-hybridized carbons (Fsp3) is 0.684. The van der Waals surface area contributed by atoms with Crippen molar-refractivity contribution in [3.8, 4) is 0 Å². The number of nitrogens with one attached hydrogen (secondary N) is 2. The number of carbonyl (C=O) groups excluding carboxylic acids is 2. The molecule has 0 spiro atoms. The molecule has 3 atom stereocenters. The van der Waals surface area contributed by atoms with E-state index in [1.165, 1.54) is 13.8 Å². The fourth-order valence-electron chi connectivity index (χ4n) is 3.02. The summed E-state index contributed by atoms with van der Waals surface area (Å²) in [6.45, 7) is 11.7. The molecule has 6 heteroatoms. The first-order valence-corrected chi connectivity index (χ1v) is 9.00. The van der Waals surface area contributed by atoms with E-state index in [0.717, 1.165) is 18.4 Å². The lowest BCUT2D eigenvalue weighted by molar-refractivity contribution is -0.140. The minimum atomic E-state index is -0.307. The molecule has 0 bridgehead atoms. The second kappa shape index (κ2) is 11.1. The van der Waals surface area contributed by atoms with Crippen molar-refractivity contribution in [2.75, 3.05) is 13.2 Å². The molecule has 0 heterocycles. The number of ether oxygens (including phenoxy) is 2. The van der Waals surface area contributed by atoms with Crippen LogP contribution in [-0.2, 0) is 19.1 Å². The summed E-state index contributed by atoms with van der Waals surface area (Å²) in [5, 5.41) is 6.41. The predicted molar refractivity (Wildman–Crippen MR) is 98.2 cm³/mol. The lowest BCUT2D eigenvalue weighted by atomic mass is 9.87. The monoisotopic (exact) mass is 352 g/mol. The zero-order chi connectivity index (χ0) is 18.8. The molecule has 0 radical (unpaired) electrons. The highest BCUT2D eigenvalue weighted by Gasteiger charge is 2.35. The van der Waals surface area contributed by atoms with Gasteiger partial charge in [0.15, 0.2) is 0 Å². The molecule has 0 unspecified atom stereocenters. The summed E-state index contributed by atoms with van der Waals surface area (Å²) in [6, 6.07) is -0.198. The van der Waals surface area contributed by atoms with E-state index < -0.39 is 0 Å². The first-order valence-electron chi connectivity index (χ1n) is 9.00. The van der Waals surface area contributed by atoms with Gasteiger partial charge in [-0.3, -0.25) is 9.59 Å². The van der Waals surface area contributed by atoms with Gasteiger partial charge in [-0.25, -0.2) is 0 Å². The Morgan fingerprint density at radius 1 is 1.36 bits per heavy atom. The summed E-state index contributed by atoms with van der Waals surface area (Å²) < 4.78 is 11.4. The number of carbonyl (C=O) groups is 2. The van der Waals surface area contributed by atoms with Gasteiger partial charge in [0.2, 0.25) is 5.91 Å². The molecule has 0 saturated carbocycles. The minimum Gasteiger partial charge on any atom is -0.461 e. The summed E-state index contributed by atoms with van der Waals surface area (Å²) in [5.41, 5.74) is 0.995. The van der Waals surface area contributed by atoms with Gasteiger partial charge in [0.05, 0.1) is 18.2 Å².